The number of carbonyl (C=O) groups excluding carboxylic acids is 2. The number of nitrogens with one attached hydrogen (secondary N) is 2. The number of halogens is 3. The highest BCUT2D eigenvalue weighted by molar-refractivity contribution is 5.93. The Kier molecular flexibility index (Phi) is 7.18. The van der Waals surface area contributed by atoms with E-state index in [9.17, 15) is 27.6 Å². The fourth-order valence-electron chi connectivity index (χ4n) is 3.94. The Hall–Kier alpha value is -3.56. The summed E-state index contributed by atoms with van der Waals surface area (Å²) in [5.41, 5.74) is 0.245. The van der Waals surface area contributed by atoms with Gasteiger partial charge in [-0.05, 0) is 35.6 Å². The molecule has 1 aliphatic carbocycles. The monoisotopic (exact) mass is 478 g/mol. The lowest BCUT2D eigenvalue weighted by Gasteiger charge is -2.32. The van der Waals surface area contributed by atoms with Crippen molar-refractivity contribution in [1.29, 1.82) is 0 Å². The molecule has 2 aromatic carbocycles. The summed E-state index contributed by atoms with van der Waals surface area (Å²) in [5, 5.41) is 12.6. The molecule has 2 aromatic rings. The predicted octanol–water partition coefficient (Wildman–Crippen LogP) is 4.22. The van der Waals surface area contributed by atoms with Crippen molar-refractivity contribution in [3.8, 4) is 11.1 Å². The minimum atomic E-state index is -5.21. The van der Waals surface area contributed by atoms with Crippen molar-refractivity contribution >= 4 is 18.0 Å². The van der Waals surface area contributed by atoms with Gasteiger partial charge in [-0.25, -0.2) is 9.59 Å². The van der Waals surface area contributed by atoms with Crippen molar-refractivity contribution in [2.24, 2.45) is 0 Å². The number of alkyl carbamates (subject to hydrolysis) is 1. The van der Waals surface area contributed by atoms with Gasteiger partial charge in [-0.15, -0.1) is 0 Å². The number of rotatable bonds is 8. The molecule has 3 rings (SSSR count). The predicted molar refractivity (Wildman–Crippen MR) is 117 cm³/mol. The van der Waals surface area contributed by atoms with E-state index in [-0.39, 0.29) is 18.9 Å². The minimum Gasteiger partial charge on any atom is -0.480 e. The van der Waals surface area contributed by atoms with Gasteiger partial charge in [0.05, 0.1) is 0 Å². The summed E-state index contributed by atoms with van der Waals surface area (Å²) in [5.74, 6) is -3.54. The largest absolute Gasteiger partial charge is 0.480 e. The first-order chi connectivity index (χ1) is 16.0. The van der Waals surface area contributed by atoms with Gasteiger partial charge in [0.1, 0.15) is 12.6 Å². The standard InChI is InChI=1S/C24H25F3N2O5/c1-3-8-19(20(30)31)28-21(32)23(2,24(25,26)27)29-22(33)34-13-18-16-11-6-4-9-14(16)15-10-5-7-12-17(15)18/h4-7,9-12,18-19H,3,8,13H2,1-2H3,(H,28,32)(H,29,33)(H,30,31)/t19-,23?/m1/s1. The zero-order valence-electron chi connectivity index (χ0n) is 18.6. The smallest absolute Gasteiger partial charge is 0.420 e. The zero-order chi connectivity index (χ0) is 25.1. The van der Waals surface area contributed by atoms with Gasteiger partial charge >= 0.3 is 18.2 Å². The van der Waals surface area contributed by atoms with Gasteiger partial charge in [-0.1, -0.05) is 61.9 Å². The van der Waals surface area contributed by atoms with Crippen molar-refractivity contribution in [2.75, 3.05) is 6.61 Å². The molecule has 3 N–H and O–H groups in total. The first kappa shape index (κ1) is 25.1. The number of alkyl halides is 3. The maximum Gasteiger partial charge on any atom is 0.420 e. The molecule has 2 amide bonds. The van der Waals surface area contributed by atoms with Gasteiger partial charge in [-0.2, -0.15) is 13.2 Å². The molecule has 2 atom stereocenters. The Morgan fingerprint density at radius 3 is 2.03 bits per heavy atom. The van der Waals surface area contributed by atoms with E-state index in [1.807, 2.05) is 53.8 Å². The maximum absolute atomic E-state index is 13.8. The van der Waals surface area contributed by atoms with E-state index in [2.05, 4.69) is 0 Å². The summed E-state index contributed by atoms with van der Waals surface area (Å²) in [6.45, 7) is 1.84. The highest BCUT2D eigenvalue weighted by Crippen LogP contribution is 2.44. The van der Waals surface area contributed by atoms with Crippen molar-refractivity contribution in [3.05, 3.63) is 59.7 Å². The van der Waals surface area contributed by atoms with Crippen LogP contribution in [-0.4, -0.2) is 47.4 Å². The van der Waals surface area contributed by atoms with E-state index in [0.29, 0.717) is 13.3 Å². The van der Waals surface area contributed by atoms with E-state index in [0.717, 1.165) is 22.3 Å². The number of hydrogen-bond donors (Lipinski definition) is 3. The summed E-state index contributed by atoms with van der Waals surface area (Å²) in [6, 6.07) is 13.4. The number of carboxylic acids is 1. The second-order valence-corrected chi connectivity index (χ2v) is 8.23. The molecule has 0 fully saturated rings. The molecular weight excluding hydrogens is 453 g/mol. The Labute approximate surface area is 194 Å². The van der Waals surface area contributed by atoms with Crippen LogP contribution in [0.5, 0.6) is 0 Å². The van der Waals surface area contributed by atoms with Crippen molar-refractivity contribution in [2.45, 2.75) is 50.4 Å². The van der Waals surface area contributed by atoms with Gasteiger partial charge in [0, 0.05) is 5.92 Å². The summed E-state index contributed by atoms with van der Waals surface area (Å²) < 4.78 is 46.6. The lowest BCUT2D eigenvalue weighted by molar-refractivity contribution is -0.195. The van der Waals surface area contributed by atoms with E-state index < -0.39 is 35.7 Å². The number of ether oxygens (including phenoxy) is 1. The van der Waals surface area contributed by atoms with Gasteiger partial charge in [-0.3, -0.25) is 10.1 Å². The van der Waals surface area contributed by atoms with E-state index >= 15 is 0 Å². The lowest BCUT2D eigenvalue weighted by atomic mass is 9.98. The zero-order valence-corrected chi connectivity index (χ0v) is 18.6. The minimum absolute atomic E-state index is 0.0695. The third-order valence-corrected chi connectivity index (χ3v) is 5.90. The van der Waals surface area contributed by atoms with Crippen LogP contribution in [0.1, 0.15) is 43.7 Å². The Balaban J connectivity index is 1.75. The lowest BCUT2D eigenvalue weighted by Crippen LogP contribution is -2.66. The van der Waals surface area contributed by atoms with Crippen LogP contribution in [0, 0.1) is 0 Å². The Bertz CT molecular complexity index is 1040. The number of carbonyl (C=O) groups is 3. The van der Waals surface area contributed by atoms with Crippen LogP contribution in [-0.2, 0) is 14.3 Å². The molecule has 7 nitrogen and oxygen atoms in total. The molecule has 34 heavy (non-hydrogen) atoms. The van der Waals surface area contributed by atoms with Gasteiger partial charge < -0.3 is 15.2 Å². The highest BCUT2D eigenvalue weighted by atomic mass is 19.4. The molecule has 0 saturated carbocycles. The van der Waals surface area contributed by atoms with Crippen LogP contribution < -0.4 is 10.6 Å². The van der Waals surface area contributed by atoms with Crippen LogP contribution in [0.3, 0.4) is 0 Å². The second-order valence-electron chi connectivity index (χ2n) is 8.23. The van der Waals surface area contributed by atoms with Crippen LogP contribution in [0.15, 0.2) is 48.5 Å². The number of benzene rings is 2. The molecular formula is C24H25F3N2O5. The fourth-order valence-corrected chi connectivity index (χ4v) is 3.94. The molecule has 10 heteroatoms. The summed E-state index contributed by atoms with van der Waals surface area (Å²) >= 11 is 0. The normalized spacial score (nSPS) is 15.4. The number of fused-ring (bicyclic) bond motifs is 3. The number of hydrogen-bond acceptors (Lipinski definition) is 4. The molecule has 0 radical (unpaired) electrons. The van der Waals surface area contributed by atoms with Crippen molar-refractivity contribution in [3.63, 3.8) is 0 Å². The molecule has 0 bridgehead atoms. The van der Waals surface area contributed by atoms with Crippen LogP contribution in [0.25, 0.3) is 11.1 Å². The molecule has 0 aliphatic heterocycles. The van der Waals surface area contributed by atoms with Crippen LogP contribution in [0.2, 0.25) is 0 Å². The van der Waals surface area contributed by atoms with Gasteiger partial charge in [0.15, 0.2) is 0 Å². The van der Waals surface area contributed by atoms with Crippen molar-refractivity contribution in [1.82, 2.24) is 10.6 Å². The number of amides is 2. The van der Waals surface area contributed by atoms with Crippen LogP contribution >= 0.6 is 0 Å². The highest BCUT2D eigenvalue weighted by Gasteiger charge is 2.58. The Morgan fingerprint density at radius 1 is 1.03 bits per heavy atom. The van der Waals surface area contributed by atoms with Gasteiger partial charge in [0.2, 0.25) is 5.54 Å². The third-order valence-electron chi connectivity index (χ3n) is 5.90. The SMILES string of the molecule is CCC[C@@H](NC(=O)C(C)(NC(=O)OCC1c2ccccc2-c2ccccc21)C(F)(F)F)C(=O)O. The molecule has 0 heterocycles. The van der Waals surface area contributed by atoms with E-state index in [4.69, 9.17) is 9.84 Å². The average molecular weight is 478 g/mol. The Morgan fingerprint density at radius 2 is 1.56 bits per heavy atom. The topological polar surface area (TPSA) is 105 Å². The first-order valence-corrected chi connectivity index (χ1v) is 10.7. The van der Waals surface area contributed by atoms with Crippen molar-refractivity contribution < 1.29 is 37.4 Å². The molecule has 1 aliphatic rings. The maximum atomic E-state index is 13.8. The number of aliphatic carboxylic acids is 1. The summed E-state index contributed by atoms with van der Waals surface area (Å²) in [4.78, 5) is 36.1. The fraction of sp³-hybridized carbons (Fsp3) is 0.375. The first-order valence-electron chi connectivity index (χ1n) is 10.7. The second kappa shape index (κ2) is 9.74. The summed E-state index contributed by atoms with van der Waals surface area (Å²) in [6.07, 6.45) is -6.41. The van der Waals surface area contributed by atoms with E-state index in [1.54, 1.807) is 12.2 Å². The van der Waals surface area contributed by atoms with Crippen LogP contribution in [0.4, 0.5) is 18.0 Å². The summed E-state index contributed by atoms with van der Waals surface area (Å²) in [7, 11) is 0. The quantitative estimate of drug-likeness (QED) is 0.527. The van der Waals surface area contributed by atoms with Gasteiger partial charge in [0.25, 0.3) is 5.91 Å². The molecule has 1 unspecified atom stereocenters. The molecule has 0 aromatic heterocycles. The van der Waals surface area contributed by atoms with E-state index in [1.165, 1.54) is 0 Å². The average Bonchev–Trinajstić information content (AvgIpc) is 3.10. The number of carboxylic acid groups (broad SMARTS) is 1. The third kappa shape index (κ3) is 4.85. The molecule has 0 spiro atoms. The molecule has 0 saturated heterocycles. The molecule has 182 valence electrons.